The van der Waals surface area contributed by atoms with Crippen LogP contribution in [0.1, 0.15) is 19.3 Å². The summed E-state index contributed by atoms with van der Waals surface area (Å²) in [7, 11) is 0. The van der Waals surface area contributed by atoms with Gasteiger partial charge in [-0.25, -0.2) is 0 Å². The van der Waals surface area contributed by atoms with Crippen LogP contribution in [0.15, 0.2) is 4.99 Å². The second-order valence-electron chi connectivity index (χ2n) is 4.17. The summed E-state index contributed by atoms with van der Waals surface area (Å²) >= 11 is 2.07. The standard InChI is InChI=1S/C11H21N3S/c1-2-4-12-11(3-1)13-5-6-14-7-9-15-10-8-14/h1-10H2,(H,12,13). The molecule has 2 aliphatic rings. The minimum atomic E-state index is 1.03. The third-order valence-corrected chi connectivity index (χ3v) is 3.93. The van der Waals surface area contributed by atoms with Gasteiger partial charge in [0.2, 0.25) is 0 Å². The van der Waals surface area contributed by atoms with Gasteiger partial charge in [-0.05, 0) is 12.8 Å². The average Bonchev–Trinajstić information content (AvgIpc) is 2.32. The van der Waals surface area contributed by atoms with E-state index in [4.69, 9.17) is 0 Å². The second kappa shape index (κ2) is 6.38. The molecule has 0 unspecified atom stereocenters. The molecule has 4 heteroatoms. The number of rotatable bonds is 3. The number of nitrogens with one attached hydrogen (secondary N) is 1. The molecule has 0 saturated carbocycles. The molecule has 0 aromatic carbocycles. The Balaban J connectivity index is 1.59. The highest BCUT2D eigenvalue weighted by Gasteiger charge is 2.10. The van der Waals surface area contributed by atoms with Crippen LogP contribution in [-0.2, 0) is 0 Å². The van der Waals surface area contributed by atoms with Crippen LogP contribution in [0.2, 0.25) is 0 Å². The zero-order valence-electron chi connectivity index (χ0n) is 9.37. The van der Waals surface area contributed by atoms with Crippen LogP contribution in [0, 0.1) is 0 Å². The van der Waals surface area contributed by atoms with E-state index in [1.54, 1.807) is 0 Å². The van der Waals surface area contributed by atoms with E-state index in [2.05, 4.69) is 27.0 Å². The Labute approximate surface area is 96.7 Å². The summed E-state index contributed by atoms with van der Waals surface area (Å²) in [5.41, 5.74) is 0. The van der Waals surface area contributed by atoms with E-state index in [0.29, 0.717) is 0 Å². The Morgan fingerprint density at radius 1 is 1.27 bits per heavy atom. The molecule has 2 aliphatic heterocycles. The molecule has 2 rings (SSSR count). The van der Waals surface area contributed by atoms with Crippen molar-refractivity contribution in [3.05, 3.63) is 0 Å². The molecule has 2 heterocycles. The third kappa shape index (κ3) is 4.03. The van der Waals surface area contributed by atoms with Gasteiger partial charge in [-0.15, -0.1) is 0 Å². The minimum Gasteiger partial charge on any atom is -0.373 e. The van der Waals surface area contributed by atoms with Crippen LogP contribution in [0.5, 0.6) is 0 Å². The van der Waals surface area contributed by atoms with Gasteiger partial charge in [-0.2, -0.15) is 11.8 Å². The van der Waals surface area contributed by atoms with Crippen molar-refractivity contribution in [1.82, 2.24) is 10.2 Å². The maximum absolute atomic E-state index is 4.50. The number of thioether (sulfide) groups is 1. The van der Waals surface area contributed by atoms with Crippen molar-refractivity contribution >= 4 is 17.6 Å². The van der Waals surface area contributed by atoms with Crippen molar-refractivity contribution in [3.63, 3.8) is 0 Å². The summed E-state index contributed by atoms with van der Waals surface area (Å²) in [5, 5.41) is 3.47. The van der Waals surface area contributed by atoms with Gasteiger partial charge in [0.25, 0.3) is 0 Å². The Kier molecular flexibility index (Phi) is 4.79. The fraction of sp³-hybridized carbons (Fsp3) is 0.909. The molecule has 3 nitrogen and oxygen atoms in total. The highest BCUT2D eigenvalue weighted by molar-refractivity contribution is 7.99. The van der Waals surface area contributed by atoms with Crippen molar-refractivity contribution in [2.75, 3.05) is 44.2 Å². The highest BCUT2D eigenvalue weighted by atomic mass is 32.2. The molecule has 0 aromatic heterocycles. The topological polar surface area (TPSA) is 27.6 Å². The molecule has 0 spiro atoms. The smallest absolute Gasteiger partial charge is 0.0963 e. The first-order chi connectivity index (χ1) is 7.45. The molecule has 15 heavy (non-hydrogen) atoms. The summed E-state index contributed by atoms with van der Waals surface area (Å²) < 4.78 is 0. The van der Waals surface area contributed by atoms with Crippen molar-refractivity contribution in [2.45, 2.75) is 19.3 Å². The molecule has 86 valence electrons. The van der Waals surface area contributed by atoms with Gasteiger partial charge < -0.3 is 5.32 Å². The summed E-state index contributed by atoms with van der Waals surface area (Å²) in [6, 6.07) is 0. The van der Waals surface area contributed by atoms with Crippen LogP contribution in [0.25, 0.3) is 0 Å². The quantitative estimate of drug-likeness (QED) is 0.785. The van der Waals surface area contributed by atoms with Gasteiger partial charge in [-0.3, -0.25) is 9.89 Å². The minimum absolute atomic E-state index is 1.03. The van der Waals surface area contributed by atoms with E-state index >= 15 is 0 Å². The third-order valence-electron chi connectivity index (χ3n) is 2.99. The summed E-state index contributed by atoms with van der Waals surface area (Å²) in [6.45, 7) is 5.81. The first-order valence-corrected chi connectivity index (χ1v) is 7.18. The summed E-state index contributed by atoms with van der Waals surface area (Å²) in [4.78, 5) is 7.04. The molecule has 0 radical (unpaired) electrons. The number of aliphatic imine (C=N–C) groups is 1. The second-order valence-corrected chi connectivity index (χ2v) is 5.39. The zero-order valence-corrected chi connectivity index (χ0v) is 10.2. The zero-order chi connectivity index (χ0) is 10.3. The van der Waals surface area contributed by atoms with Gasteiger partial charge >= 0.3 is 0 Å². The van der Waals surface area contributed by atoms with Gasteiger partial charge in [-0.1, -0.05) is 0 Å². The largest absolute Gasteiger partial charge is 0.373 e. The number of nitrogens with zero attached hydrogens (tertiary/aromatic N) is 2. The molecule has 0 aliphatic carbocycles. The fourth-order valence-corrected chi connectivity index (χ4v) is 3.00. The van der Waals surface area contributed by atoms with Crippen LogP contribution in [0.3, 0.4) is 0 Å². The summed E-state index contributed by atoms with van der Waals surface area (Å²) in [5.74, 6) is 3.86. The SMILES string of the molecule is C1CCC(NCCN2CCSCC2)=NC1. The van der Waals surface area contributed by atoms with Gasteiger partial charge in [0.1, 0.15) is 0 Å². The van der Waals surface area contributed by atoms with Crippen molar-refractivity contribution in [1.29, 1.82) is 0 Å². The van der Waals surface area contributed by atoms with Crippen LogP contribution in [0.4, 0.5) is 0 Å². The summed E-state index contributed by atoms with van der Waals surface area (Å²) in [6.07, 6.45) is 3.75. The monoisotopic (exact) mass is 227 g/mol. The predicted octanol–water partition coefficient (Wildman–Crippen LogP) is 1.21. The van der Waals surface area contributed by atoms with E-state index in [1.165, 1.54) is 49.8 Å². The Hall–Kier alpha value is -0.220. The fourth-order valence-electron chi connectivity index (χ4n) is 2.02. The Bertz CT molecular complexity index is 212. The molecule has 0 atom stereocenters. The van der Waals surface area contributed by atoms with Gasteiger partial charge in [0, 0.05) is 50.7 Å². The molecule has 0 bridgehead atoms. The number of hydrogen-bond donors (Lipinski definition) is 1. The molecule has 1 N–H and O–H groups in total. The molecule has 1 saturated heterocycles. The Morgan fingerprint density at radius 3 is 2.87 bits per heavy atom. The first-order valence-electron chi connectivity index (χ1n) is 6.02. The lowest BCUT2D eigenvalue weighted by atomic mass is 10.2. The molecule has 0 aromatic rings. The maximum Gasteiger partial charge on any atom is 0.0963 e. The highest BCUT2D eigenvalue weighted by Crippen LogP contribution is 2.08. The maximum atomic E-state index is 4.50. The van der Waals surface area contributed by atoms with E-state index in [0.717, 1.165) is 19.5 Å². The van der Waals surface area contributed by atoms with E-state index < -0.39 is 0 Å². The van der Waals surface area contributed by atoms with Crippen molar-refractivity contribution in [2.24, 2.45) is 4.99 Å². The predicted molar refractivity (Wildman–Crippen MR) is 67.9 cm³/mol. The van der Waals surface area contributed by atoms with Crippen LogP contribution < -0.4 is 5.32 Å². The normalized spacial score (nSPS) is 23.6. The van der Waals surface area contributed by atoms with Crippen LogP contribution in [-0.4, -0.2) is 55.0 Å². The van der Waals surface area contributed by atoms with E-state index in [-0.39, 0.29) is 0 Å². The van der Waals surface area contributed by atoms with Crippen LogP contribution >= 0.6 is 11.8 Å². The lowest BCUT2D eigenvalue weighted by Gasteiger charge is -2.26. The Morgan fingerprint density at radius 2 is 2.13 bits per heavy atom. The van der Waals surface area contributed by atoms with Gasteiger partial charge in [0.05, 0.1) is 5.84 Å². The molecule has 0 amide bonds. The lowest BCUT2D eigenvalue weighted by molar-refractivity contribution is 0.307. The molecular weight excluding hydrogens is 206 g/mol. The van der Waals surface area contributed by atoms with E-state index in [9.17, 15) is 0 Å². The number of amidine groups is 1. The van der Waals surface area contributed by atoms with Gasteiger partial charge in [0.15, 0.2) is 0 Å². The van der Waals surface area contributed by atoms with Crippen molar-refractivity contribution in [3.8, 4) is 0 Å². The molecule has 1 fully saturated rings. The molecular formula is C11H21N3S. The lowest BCUT2D eigenvalue weighted by Crippen LogP contribution is -2.39. The van der Waals surface area contributed by atoms with Crippen molar-refractivity contribution < 1.29 is 0 Å². The van der Waals surface area contributed by atoms with E-state index in [1.807, 2.05) is 0 Å². The average molecular weight is 227 g/mol. The first kappa shape index (κ1) is 11.3. The number of hydrogen-bond acceptors (Lipinski definition) is 4.